The van der Waals surface area contributed by atoms with Crippen LogP contribution < -0.4 is 10.1 Å². The molecule has 0 saturated carbocycles. The average molecular weight is 285 g/mol. The molecule has 0 aliphatic heterocycles. The number of nitrogens with one attached hydrogen (secondary N) is 1. The summed E-state index contributed by atoms with van der Waals surface area (Å²) < 4.78 is 11.3. The summed E-state index contributed by atoms with van der Waals surface area (Å²) in [4.78, 5) is 0. The molecule has 0 fully saturated rings. The molecule has 1 N–H and O–H groups in total. The van der Waals surface area contributed by atoms with Gasteiger partial charge in [-0.1, -0.05) is 48.0 Å². The summed E-state index contributed by atoms with van der Waals surface area (Å²) in [5.41, 5.74) is 3.53. The summed E-state index contributed by atoms with van der Waals surface area (Å²) in [6, 6.07) is 16.5. The molecule has 0 aliphatic carbocycles. The largest absolute Gasteiger partial charge is 0.496 e. The lowest BCUT2D eigenvalue weighted by Crippen LogP contribution is -2.22. The van der Waals surface area contributed by atoms with E-state index in [1.165, 1.54) is 11.1 Å². The molecule has 21 heavy (non-hydrogen) atoms. The zero-order valence-electron chi connectivity index (χ0n) is 12.9. The van der Waals surface area contributed by atoms with Gasteiger partial charge in [0.1, 0.15) is 5.75 Å². The van der Waals surface area contributed by atoms with Crippen molar-refractivity contribution in [3.05, 3.63) is 65.2 Å². The molecule has 3 nitrogen and oxygen atoms in total. The smallest absolute Gasteiger partial charge is 0.123 e. The fraction of sp³-hybridized carbons (Fsp3) is 0.333. The molecule has 1 atom stereocenters. The highest BCUT2D eigenvalue weighted by molar-refractivity contribution is 5.39. The Balaban J connectivity index is 2.01. The predicted octanol–water partition coefficient (Wildman–Crippen LogP) is 3.48. The van der Waals surface area contributed by atoms with E-state index in [4.69, 9.17) is 9.47 Å². The van der Waals surface area contributed by atoms with Gasteiger partial charge in [-0.3, -0.25) is 0 Å². The number of ether oxygens (including phenoxy) is 2. The Bertz CT molecular complexity index is 554. The Morgan fingerprint density at radius 1 is 1.10 bits per heavy atom. The molecule has 2 aromatic carbocycles. The zero-order chi connectivity index (χ0) is 15.1. The summed E-state index contributed by atoms with van der Waals surface area (Å²) >= 11 is 0. The van der Waals surface area contributed by atoms with Crippen molar-refractivity contribution in [2.75, 3.05) is 20.8 Å². The summed E-state index contributed by atoms with van der Waals surface area (Å²) in [6.45, 7) is 3.30. The molecule has 2 rings (SSSR count). The van der Waals surface area contributed by atoms with Gasteiger partial charge in [0.05, 0.1) is 26.4 Å². The van der Waals surface area contributed by atoms with E-state index in [1.54, 1.807) is 7.11 Å². The molecule has 0 amide bonds. The van der Waals surface area contributed by atoms with Crippen molar-refractivity contribution in [1.29, 1.82) is 0 Å². The maximum absolute atomic E-state index is 5.85. The zero-order valence-corrected chi connectivity index (χ0v) is 12.9. The first-order valence-electron chi connectivity index (χ1n) is 7.18. The van der Waals surface area contributed by atoms with Gasteiger partial charge in [0.15, 0.2) is 0 Å². The minimum absolute atomic E-state index is 0.114. The van der Waals surface area contributed by atoms with Gasteiger partial charge >= 0.3 is 0 Å². The van der Waals surface area contributed by atoms with Crippen molar-refractivity contribution in [3.63, 3.8) is 0 Å². The number of likely N-dealkylation sites (N-methyl/N-ethyl adjacent to an activating group) is 1. The van der Waals surface area contributed by atoms with Crippen LogP contribution in [0.4, 0.5) is 0 Å². The van der Waals surface area contributed by atoms with E-state index in [9.17, 15) is 0 Å². The van der Waals surface area contributed by atoms with Crippen LogP contribution in [0.25, 0.3) is 0 Å². The van der Waals surface area contributed by atoms with Crippen LogP contribution in [0.2, 0.25) is 0 Å². The van der Waals surface area contributed by atoms with Gasteiger partial charge in [-0.15, -0.1) is 0 Å². The van der Waals surface area contributed by atoms with Gasteiger partial charge in [-0.05, 0) is 25.6 Å². The van der Waals surface area contributed by atoms with E-state index in [0.29, 0.717) is 13.2 Å². The van der Waals surface area contributed by atoms with E-state index in [2.05, 4.69) is 36.5 Å². The normalized spacial score (nSPS) is 12.1. The first-order valence-corrected chi connectivity index (χ1v) is 7.18. The van der Waals surface area contributed by atoms with E-state index in [1.807, 2.05) is 31.3 Å². The molecule has 0 saturated heterocycles. The van der Waals surface area contributed by atoms with Crippen molar-refractivity contribution in [1.82, 2.24) is 5.32 Å². The van der Waals surface area contributed by atoms with Crippen LogP contribution in [0.3, 0.4) is 0 Å². The van der Waals surface area contributed by atoms with Gasteiger partial charge in [0.25, 0.3) is 0 Å². The second-order valence-corrected chi connectivity index (χ2v) is 5.09. The van der Waals surface area contributed by atoms with Crippen molar-refractivity contribution in [2.45, 2.75) is 19.6 Å². The molecular weight excluding hydrogens is 262 g/mol. The summed E-state index contributed by atoms with van der Waals surface area (Å²) in [6.07, 6.45) is 0. The number of rotatable bonds is 7. The molecule has 0 aliphatic rings. The lowest BCUT2D eigenvalue weighted by molar-refractivity contribution is 0.0999. The molecule has 3 heteroatoms. The number of methoxy groups -OCH3 is 1. The molecule has 2 aromatic rings. The molecule has 0 spiro atoms. The maximum atomic E-state index is 5.85. The summed E-state index contributed by atoms with van der Waals surface area (Å²) in [5, 5.41) is 3.30. The Hall–Kier alpha value is -1.84. The molecule has 112 valence electrons. The third-order valence-corrected chi connectivity index (χ3v) is 3.51. The van der Waals surface area contributed by atoms with Crippen molar-refractivity contribution in [2.24, 2.45) is 0 Å². The van der Waals surface area contributed by atoms with Crippen LogP contribution in [0.5, 0.6) is 5.75 Å². The molecule has 0 radical (unpaired) electrons. The lowest BCUT2D eigenvalue weighted by atomic mass is 10.0. The fourth-order valence-electron chi connectivity index (χ4n) is 2.32. The Morgan fingerprint density at radius 2 is 1.86 bits per heavy atom. The minimum Gasteiger partial charge on any atom is -0.496 e. The second kappa shape index (κ2) is 7.81. The van der Waals surface area contributed by atoms with Crippen LogP contribution in [0, 0.1) is 6.92 Å². The standard InChI is InChI=1S/C18H23NO2/c1-14-9-10-18(20-3)16(11-14)17(19-2)13-21-12-15-7-5-4-6-8-15/h4-11,17,19H,12-13H2,1-3H3. The van der Waals surface area contributed by atoms with E-state index in [-0.39, 0.29) is 6.04 Å². The molecule has 0 heterocycles. The summed E-state index contributed by atoms with van der Waals surface area (Å²) in [7, 11) is 3.64. The van der Waals surface area contributed by atoms with Gasteiger partial charge in [-0.2, -0.15) is 0 Å². The van der Waals surface area contributed by atoms with Crippen molar-refractivity contribution >= 4 is 0 Å². The van der Waals surface area contributed by atoms with Gasteiger partial charge in [-0.25, -0.2) is 0 Å². The number of benzene rings is 2. The first kappa shape index (κ1) is 15.5. The summed E-state index contributed by atoms with van der Waals surface area (Å²) in [5.74, 6) is 0.892. The van der Waals surface area contributed by atoms with Crippen LogP contribution >= 0.6 is 0 Å². The fourth-order valence-corrected chi connectivity index (χ4v) is 2.32. The van der Waals surface area contributed by atoms with E-state index < -0.39 is 0 Å². The highest BCUT2D eigenvalue weighted by atomic mass is 16.5. The Labute approximate surface area is 126 Å². The van der Waals surface area contributed by atoms with Gasteiger partial charge in [0.2, 0.25) is 0 Å². The third kappa shape index (κ3) is 4.31. The average Bonchev–Trinajstić information content (AvgIpc) is 2.52. The number of hydrogen-bond donors (Lipinski definition) is 1. The highest BCUT2D eigenvalue weighted by Crippen LogP contribution is 2.26. The van der Waals surface area contributed by atoms with Crippen LogP contribution in [-0.2, 0) is 11.3 Å². The van der Waals surface area contributed by atoms with E-state index >= 15 is 0 Å². The minimum atomic E-state index is 0.114. The highest BCUT2D eigenvalue weighted by Gasteiger charge is 2.14. The quantitative estimate of drug-likeness (QED) is 0.845. The lowest BCUT2D eigenvalue weighted by Gasteiger charge is -2.20. The van der Waals surface area contributed by atoms with Crippen molar-refractivity contribution < 1.29 is 9.47 Å². The first-order chi connectivity index (χ1) is 10.2. The second-order valence-electron chi connectivity index (χ2n) is 5.09. The number of hydrogen-bond acceptors (Lipinski definition) is 3. The van der Waals surface area contributed by atoms with Crippen LogP contribution in [-0.4, -0.2) is 20.8 Å². The predicted molar refractivity (Wildman–Crippen MR) is 85.6 cm³/mol. The number of aryl methyl sites for hydroxylation is 1. The molecular formula is C18H23NO2. The van der Waals surface area contributed by atoms with Gasteiger partial charge < -0.3 is 14.8 Å². The van der Waals surface area contributed by atoms with Crippen molar-refractivity contribution in [3.8, 4) is 5.75 Å². The van der Waals surface area contributed by atoms with Crippen LogP contribution in [0.15, 0.2) is 48.5 Å². The van der Waals surface area contributed by atoms with Crippen LogP contribution in [0.1, 0.15) is 22.7 Å². The third-order valence-electron chi connectivity index (χ3n) is 3.51. The SMILES string of the molecule is CNC(COCc1ccccc1)c1cc(C)ccc1OC. The topological polar surface area (TPSA) is 30.5 Å². The Morgan fingerprint density at radius 3 is 2.52 bits per heavy atom. The molecule has 0 aromatic heterocycles. The van der Waals surface area contributed by atoms with E-state index in [0.717, 1.165) is 11.3 Å². The maximum Gasteiger partial charge on any atom is 0.123 e. The monoisotopic (exact) mass is 285 g/mol. The Kier molecular flexibility index (Phi) is 5.78. The molecule has 1 unspecified atom stereocenters. The van der Waals surface area contributed by atoms with Gasteiger partial charge in [0, 0.05) is 5.56 Å². The molecule has 0 bridgehead atoms.